The Hall–Kier alpha value is -2.50. The van der Waals surface area contributed by atoms with Crippen LogP contribution in [0.4, 0.5) is 0 Å². The van der Waals surface area contributed by atoms with Crippen molar-refractivity contribution in [3.63, 3.8) is 0 Å². The molecule has 162 valence electrons. The van der Waals surface area contributed by atoms with Gasteiger partial charge in [-0.05, 0) is 48.4 Å². The van der Waals surface area contributed by atoms with Gasteiger partial charge < -0.3 is 5.32 Å². The molecule has 4 aromatic rings. The second-order valence-corrected chi connectivity index (χ2v) is 8.69. The number of hydrogen-bond acceptors (Lipinski definition) is 2. The molecule has 0 atom stereocenters. The molecule has 1 heterocycles. The van der Waals surface area contributed by atoms with E-state index in [2.05, 4.69) is 10.4 Å². The zero-order valence-electron chi connectivity index (χ0n) is 16.7. The molecule has 3 aromatic carbocycles. The monoisotopic (exact) mass is 503 g/mol. The summed E-state index contributed by atoms with van der Waals surface area (Å²) in [6.45, 7) is 0.396. The fourth-order valence-corrected chi connectivity index (χ4v) is 4.03. The summed E-state index contributed by atoms with van der Waals surface area (Å²) in [4.78, 5) is 13.1. The number of hydrogen-bond donors (Lipinski definition) is 1. The van der Waals surface area contributed by atoms with Gasteiger partial charge in [0.2, 0.25) is 0 Å². The van der Waals surface area contributed by atoms with Crippen molar-refractivity contribution in [1.82, 2.24) is 15.1 Å². The highest BCUT2D eigenvalue weighted by molar-refractivity contribution is 6.42. The third-order valence-corrected chi connectivity index (χ3v) is 6.18. The van der Waals surface area contributed by atoms with E-state index >= 15 is 0 Å². The summed E-state index contributed by atoms with van der Waals surface area (Å²) in [6.07, 6.45) is 0.564. The Labute approximate surface area is 205 Å². The predicted molar refractivity (Wildman–Crippen MR) is 132 cm³/mol. The Morgan fingerprint density at radius 3 is 2.34 bits per heavy atom. The van der Waals surface area contributed by atoms with Crippen LogP contribution in [0.3, 0.4) is 0 Å². The molecule has 0 unspecified atom stereocenters. The Kier molecular flexibility index (Phi) is 7.07. The maximum atomic E-state index is 13.1. The highest BCUT2D eigenvalue weighted by atomic mass is 35.5. The average molecular weight is 505 g/mol. The second kappa shape index (κ2) is 9.97. The molecule has 0 aliphatic carbocycles. The Morgan fingerprint density at radius 1 is 0.844 bits per heavy atom. The van der Waals surface area contributed by atoms with Crippen LogP contribution in [-0.4, -0.2) is 22.2 Å². The summed E-state index contributed by atoms with van der Waals surface area (Å²) in [5.41, 5.74) is 3.48. The number of benzene rings is 3. The zero-order chi connectivity index (χ0) is 22.7. The summed E-state index contributed by atoms with van der Waals surface area (Å²) in [6, 6.07) is 21.8. The molecule has 1 amide bonds. The highest BCUT2D eigenvalue weighted by Crippen LogP contribution is 2.27. The Morgan fingerprint density at radius 2 is 1.62 bits per heavy atom. The Bertz CT molecular complexity index is 1270. The van der Waals surface area contributed by atoms with Crippen LogP contribution in [0.5, 0.6) is 0 Å². The van der Waals surface area contributed by atoms with Gasteiger partial charge in [0.15, 0.2) is 0 Å². The maximum Gasteiger partial charge on any atom is 0.270 e. The van der Waals surface area contributed by atoms with Crippen molar-refractivity contribution >= 4 is 52.3 Å². The number of aromatic nitrogens is 2. The van der Waals surface area contributed by atoms with Gasteiger partial charge in [0.05, 0.1) is 21.4 Å². The molecule has 4 nitrogen and oxygen atoms in total. The minimum Gasteiger partial charge on any atom is -0.350 e. The van der Waals surface area contributed by atoms with E-state index in [0.717, 1.165) is 11.1 Å². The van der Waals surface area contributed by atoms with E-state index in [-0.39, 0.29) is 5.91 Å². The van der Waals surface area contributed by atoms with E-state index in [0.29, 0.717) is 50.1 Å². The molecule has 4 rings (SSSR count). The van der Waals surface area contributed by atoms with Gasteiger partial charge >= 0.3 is 0 Å². The lowest BCUT2D eigenvalue weighted by atomic mass is 10.1. The van der Waals surface area contributed by atoms with E-state index in [1.807, 2.05) is 36.4 Å². The molecule has 0 saturated heterocycles. The predicted octanol–water partition coefficient (Wildman–Crippen LogP) is 7.13. The topological polar surface area (TPSA) is 46.9 Å². The summed E-state index contributed by atoms with van der Waals surface area (Å²) in [5.74, 6) is -0.268. The van der Waals surface area contributed by atoms with Crippen molar-refractivity contribution in [3.8, 4) is 16.9 Å². The molecule has 0 aliphatic rings. The third-order valence-electron chi connectivity index (χ3n) is 4.85. The maximum absolute atomic E-state index is 13.1. The van der Waals surface area contributed by atoms with Crippen LogP contribution in [0.15, 0.2) is 72.8 Å². The van der Waals surface area contributed by atoms with Crippen LogP contribution in [0.25, 0.3) is 16.9 Å². The van der Waals surface area contributed by atoms with Gasteiger partial charge in [-0.3, -0.25) is 4.79 Å². The van der Waals surface area contributed by atoms with Crippen molar-refractivity contribution in [2.24, 2.45) is 0 Å². The molecular weight excluding hydrogens is 488 g/mol. The molecule has 0 spiro atoms. The zero-order valence-corrected chi connectivity index (χ0v) is 19.7. The van der Waals surface area contributed by atoms with E-state index in [1.54, 1.807) is 41.1 Å². The quantitative estimate of drug-likeness (QED) is 0.303. The van der Waals surface area contributed by atoms with Crippen LogP contribution < -0.4 is 5.32 Å². The van der Waals surface area contributed by atoms with Gasteiger partial charge in [-0.1, -0.05) is 82.8 Å². The van der Waals surface area contributed by atoms with Gasteiger partial charge in [0, 0.05) is 22.2 Å². The van der Waals surface area contributed by atoms with E-state index in [1.165, 1.54) is 0 Å². The number of nitrogens with one attached hydrogen (secondary N) is 1. The van der Waals surface area contributed by atoms with E-state index in [9.17, 15) is 4.79 Å². The van der Waals surface area contributed by atoms with Gasteiger partial charge in [-0.25, -0.2) is 4.68 Å². The van der Waals surface area contributed by atoms with Crippen molar-refractivity contribution in [2.45, 2.75) is 6.42 Å². The molecule has 0 aliphatic heterocycles. The van der Waals surface area contributed by atoms with Crippen LogP contribution in [0, 0.1) is 0 Å². The lowest BCUT2D eigenvalue weighted by molar-refractivity contribution is 0.0946. The van der Waals surface area contributed by atoms with Crippen LogP contribution in [-0.2, 0) is 6.42 Å². The fourth-order valence-electron chi connectivity index (χ4n) is 3.23. The van der Waals surface area contributed by atoms with E-state index in [4.69, 9.17) is 46.4 Å². The summed E-state index contributed by atoms with van der Waals surface area (Å²) in [7, 11) is 0. The summed E-state index contributed by atoms with van der Waals surface area (Å²) >= 11 is 24.4. The second-order valence-electron chi connectivity index (χ2n) is 7.03. The fraction of sp³-hybridized carbons (Fsp3) is 0.0833. The molecule has 1 N–H and O–H groups in total. The largest absolute Gasteiger partial charge is 0.350 e. The summed E-state index contributed by atoms with van der Waals surface area (Å²) in [5, 5.41) is 9.54. The summed E-state index contributed by atoms with van der Waals surface area (Å²) < 4.78 is 1.56. The first kappa shape index (κ1) is 22.7. The highest BCUT2D eigenvalue weighted by Gasteiger charge is 2.18. The van der Waals surface area contributed by atoms with E-state index < -0.39 is 0 Å². The minimum atomic E-state index is -0.268. The van der Waals surface area contributed by atoms with Crippen LogP contribution >= 0.6 is 46.4 Å². The first-order valence-electron chi connectivity index (χ1n) is 9.75. The van der Waals surface area contributed by atoms with Crippen molar-refractivity contribution in [2.75, 3.05) is 6.54 Å². The average Bonchev–Trinajstić information content (AvgIpc) is 3.23. The van der Waals surface area contributed by atoms with Gasteiger partial charge in [0.25, 0.3) is 5.91 Å². The molecule has 32 heavy (non-hydrogen) atoms. The first-order valence-corrected chi connectivity index (χ1v) is 11.3. The Balaban J connectivity index is 1.61. The van der Waals surface area contributed by atoms with Crippen molar-refractivity contribution in [1.29, 1.82) is 0 Å². The lowest BCUT2D eigenvalue weighted by Gasteiger charge is -2.10. The van der Waals surface area contributed by atoms with Crippen molar-refractivity contribution in [3.05, 3.63) is 104 Å². The van der Waals surface area contributed by atoms with Crippen LogP contribution in [0.2, 0.25) is 20.1 Å². The molecule has 0 radical (unpaired) electrons. The molecule has 0 bridgehead atoms. The number of halogens is 4. The smallest absolute Gasteiger partial charge is 0.270 e. The normalized spacial score (nSPS) is 10.9. The molecule has 0 saturated carbocycles. The minimum absolute atomic E-state index is 0.268. The number of nitrogens with zero attached hydrogens (tertiary/aromatic N) is 2. The lowest BCUT2D eigenvalue weighted by Crippen LogP contribution is -2.28. The molecule has 1 aromatic heterocycles. The van der Waals surface area contributed by atoms with Crippen molar-refractivity contribution < 1.29 is 4.79 Å². The van der Waals surface area contributed by atoms with Gasteiger partial charge in [0.1, 0.15) is 5.69 Å². The first-order chi connectivity index (χ1) is 15.4. The van der Waals surface area contributed by atoms with Crippen LogP contribution in [0.1, 0.15) is 16.1 Å². The number of rotatable bonds is 6. The SMILES string of the molecule is O=C(NCCc1ccc(Cl)cc1Cl)c1cc(-c2ccccc2)nn1-c1ccc(Cl)c(Cl)c1. The standard InChI is InChI=1S/C24H17Cl4N3O/c25-17-7-6-15(20(27)12-17)10-11-29-24(32)23-14-22(16-4-2-1-3-5-16)30-31(23)18-8-9-19(26)21(28)13-18/h1-9,12-14H,10-11H2,(H,29,32). The van der Waals surface area contributed by atoms with Gasteiger partial charge in [-0.2, -0.15) is 5.10 Å². The van der Waals surface area contributed by atoms with Gasteiger partial charge in [-0.15, -0.1) is 0 Å². The molecular formula is C24H17Cl4N3O. The number of carbonyl (C=O) groups excluding carboxylic acids is 1. The molecule has 8 heteroatoms. The number of carbonyl (C=O) groups is 1. The molecule has 0 fully saturated rings. The number of amides is 1. The third kappa shape index (κ3) is 5.11.